The fraction of sp³-hybridized carbons (Fsp3) is 0.412. The Kier molecular flexibility index (Phi) is 3.43. The third kappa shape index (κ3) is 1.92. The summed E-state index contributed by atoms with van der Waals surface area (Å²) in [6.07, 6.45) is -0.345. The summed E-state index contributed by atoms with van der Waals surface area (Å²) in [7, 11) is 0. The minimum atomic E-state index is -0.384. The van der Waals surface area contributed by atoms with Gasteiger partial charge in [0.25, 0.3) is 0 Å². The number of carbonyl (C=O) groups excluding carboxylic acids is 2. The second kappa shape index (κ2) is 5.16. The standard InChI is InChI=1S/C17H20N2O3/c1-5-18-13-8-6-7-9-14(13)19(12(4)21)16-15(10(2)20)11(3)22-17(16)18/h6-9,16-17H,5H2,1-4H3/t16-,17+/m1/s1. The van der Waals surface area contributed by atoms with Crippen molar-refractivity contribution in [2.75, 3.05) is 16.3 Å². The van der Waals surface area contributed by atoms with Crippen molar-refractivity contribution in [1.29, 1.82) is 0 Å². The lowest BCUT2D eigenvalue weighted by Gasteiger charge is -2.45. The number of fused-ring (bicyclic) bond motifs is 2. The molecule has 0 radical (unpaired) electrons. The van der Waals surface area contributed by atoms with E-state index in [1.807, 2.05) is 31.2 Å². The molecule has 0 N–H and O–H groups in total. The van der Waals surface area contributed by atoms with Gasteiger partial charge in [0.15, 0.2) is 12.0 Å². The van der Waals surface area contributed by atoms with Gasteiger partial charge in [-0.05, 0) is 32.9 Å². The number of carbonyl (C=O) groups is 2. The molecule has 2 atom stereocenters. The summed E-state index contributed by atoms with van der Waals surface area (Å²) in [6.45, 7) is 7.64. The number of benzene rings is 1. The number of allylic oxidation sites excluding steroid dienone is 1. The van der Waals surface area contributed by atoms with Gasteiger partial charge in [-0.25, -0.2) is 0 Å². The molecule has 3 rings (SSSR count). The number of Topliss-reactive ketones (excluding diaryl/α,β-unsaturated/α-hetero) is 1. The highest BCUT2D eigenvalue weighted by Crippen LogP contribution is 2.44. The van der Waals surface area contributed by atoms with Gasteiger partial charge in [0.1, 0.15) is 11.8 Å². The number of nitrogens with zero attached hydrogens (tertiary/aromatic N) is 2. The largest absolute Gasteiger partial charge is 0.472 e. The van der Waals surface area contributed by atoms with Crippen LogP contribution in [0.2, 0.25) is 0 Å². The van der Waals surface area contributed by atoms with Crippen LogP contribution in [0.4, 0.5) is 11.4 Å². The van der Waals surface area contributed by atoms with Crippen LogP contribution in [0.15, 0.2) is 35.6 Å². The summed E-state index contributed by atoms with van der Waals surface area (Å²) < 4.78 is 5.97. The van der Waals surface area contributed by atoms with Gasteiger partial charge >= 0.3 is 0 Å². The Morgan fingerprint density at radius 3 is 2.36 bits per heavy atom. The van der Waals surface area contributed by atoms with E-state index in [4.69, 9.17) is 4.74 Å². The molecular formula is C17H20N2O3. The Morgan fingerprint density at radius 2 is 1.82 bits per heavy atom. The van der Waals surface area contributed by atoms with Crippen LogP contribution in [-0.4, -0.2) is 30.5 Å². The first-order valence-electron chi connectivity index (χ1n) is 7.51. The average Bonchev–Trinajstić information content (AvgIpc) is 2.80. The van der Waals surface area contributed by atoms with Crippen LogP contribution in [0.25, 0.3) is 0 Å². The SMILES string of the molecule is CCN1c2ccccc2N(C(C)=O)[C@@H]2C(C(C)=O)=C(C)O[C@@H]21. The normalized spacial score (nSPS) is 23.1. The lowest BCUT2D eigenvalue weighted by atomic mass is 9.96. The fourth-order valence-electron chi connectivity index (χ4n) is 3.52. The molecule has 2 aliphatic rings. The summed E-state index contributed by atoms with van der Waals surface area (Å²) in [5.41, 5.74) is 2.38. The fourth-order valence-corrected chi connectivity index (χ4v) is 3.52. The van der Waals surface area contributed by atoms with Gasteiger partial charge in [-0.2, -0.15) is 0 Å². The van der Waals surface area contributed by atoms with Crippen LogP contribution < -0.4 is 9.80 Å². The molecule has 22 heavy (non-hydrogen) atoms. The molecule has 0 saturated carbocycles. The molecular weight excluding hydrogens is 280 g/mol. The predicted octanol–water partition coefficient (Wildman–Crippen LogP) is 2.47. The number of anilines is 2. The molecule has 1 aromatic rings. The van der Waals surface area contributed by atoms with Gasteiger partial charge < -0.3 is 9.64 Å². The maximum Gasteiger partial charge on any atom is 0.224 e. The van der Waals surface area contributed by atoms with Crippen molar-refractivity contribution < 1.29 is 14.3 Å². The maximum absolute atomic E-state index is 12.3. The molecule has 0 aliphatic carbocycles. The van der Waals surface area contributed by atoms with Crippen LogP contribution in [0, 0.1) is 0 Å². The van der Waals surface area contributed by atoms with Gasteiger partial charge in [-0.15, -0.1) is 0 Å². The Labute approximate surface area is 130 Å². The first-order chi connectivity index (χ1) is 10.5. The molecule has 1 aromatic carbocycles. The quantitative estimate of drug-likeness (QED) is 0.842. The highest BCUT2D eigenvalue weighted by molar-refractivity contribution is 6.03. The zero-order chi connectivity index (χ0) is 16.0. The van der Waals surface area contributed by atoms with Gasteiger partial charge in [-0.1, -0.05) is 12.1 Å². The van der Waals surface area contributed by atoms with Gasteiger partial charge in [-0.3, -0.25) is 14.5 Å². The Hall–Kier alpha value is -2.30. The van der Waals surface area contributed by atoms with E-state index < -0.39 is 0 Å². The smallest absolute Gasteiger partial charge is 0.224 e. The second-order valence-electron chi connectivity index (χ2n) is 5.64. The molecule has 2 heterocycles. The average molecular weight is 300 g/mol. The Balaban J connectivity index is 2.22. The molecule has 0 bridgehead atoms. The van der Waals surface area contributed by atoms with Crippen molar-refractivity contribution in [3.8, 4) is 0 Å². The second-order valence-corrected chi connectivity index (χ2v) is 5.64. The van der Waals surface area contributed by atoms with E-state index in [2.05, 4.69) is 4.90 Å². The molecule has 1 amide bonds. The summed E-state index contributed by atoms with van der Waals surface area (Å²) >= 11 is 0. The minimum absolute atomic E-state index is 0.0494. The summed E-state index contributed by atoms with van der Waals surface area (Å²) in [6, 6.07) is 7.37. The van der Waals surface area contributed by atoms with Gasteiger partial charge in [0.2, 0.25) is 5.91 Å². The monoisotopic (exact) mass is 300 g/mol. The van der Waals surface area contributed by atoms with E-state index in [1.165, 1.54) is 13.8 Å². The van der Waals surface area contributed by atoms with E-state index >= 15 is 0 Å². The predicted molar refractivity (Wildman–Crippen MR) is 84.7 cm³/mol. The molecule has 0 spiro atoms. The highest BCUT2D eigenvalue weighted by atomic mass is 16.5. The van der Waals surface area contributed by atoms with Crippen LogP contribution in [0.3, 0.4) is 0 Å². The number of rotatable bonds is 2. The van der Waals surface area contributed by atoms with E-state index in [1.54, 1.807) is 11.8 Å². The van der Waals surface area contributed by atoms with Crippen molar-refractivity contribution in [2.45, 2.75) is 40.0 Å². The van der Waals surface area contributed by atoms with Crippen molar-refractivity contribution in [3.63, 3.8) is 0 Å². The lowest BCUT2D eigenvalue weighted by Crippen LogP contribution is -2.57. The van der Waals surface area contributed by atoms with Crippen molar-refractivity contribution in [1.82, 2.24) is 0 Å². The molecule has 0 aromatic heterocycles. The number of hydrogen-bond acceptors (Lipinski definition) is 4. The van der Waals surface area contributed by atoms with E-state index in [9.17, 15) is 9.59 Å². The first-order valence-corrected chi connectivity index (χ1v) is 7.51. The molecule has 0 saturated heterocycles. The molecule has 5 nitrogen and oxygen atoms in total. The van der Waals surface area contributed by atoms with Crippen LogP contribution in [0.1, 0.15) is 27.7 Å². The zero-order valence-corrected chi connectivity index (χ0v) is 13.3. The topological polar surface area (TPSA) is 49.9 Å². The van der Waals surface area contributed by atoms with Gasteiger partial charge in [0.05, 0.1) is 16.9 Å². The van der Waals surface area contributed by atoms with E-state index in [0.29, 0.717) is 11.3 Å². The lowest BCUT2D eigenvalue weighted by molar-refractivity contribution is -0.117. The molecule has 0 fully saturated rings. The third-order valence-electron chi connectivity index (χ3n) is 4.34. The summed E-state index contributed by atoms with van der Waals surface area (Å²) in [4.78, 5) is 28.2. The van der Waals surface area contributed by atoms with Crippen LogP contribution >= 0.6 is 0 Å². The Bertz CT molecular complexity index is 680. The minimum Gasteiger partial charge on any atom is -0.472 e. The number of amides is 1. The van der Waals surface area contributed by atoms with Crippen molar-refractivity contribution in [3.05, 3.63) is 35.6 Å². The number of hydrogen-bond donors (Lipinski definition) is 0. The van der Waals surface area contributed by atoms with E-state index in [-0.39, 0.29) is 24.0 Å². The molecule has 2 aliphatic heterocycles. The Morgan fingerprint density at radius 1 is 1.18 bits per heavy atom. The molecule has 0 unspecified atom stereocenters. The highest BCUT2D eigenvalue weighted by Gasteiger charge is 2.49. The molecule has 5 heteroatoms. The van der Waals surface area contributed by atoms with Crippen molar-refractivity contribution >= 4 is 23.1 Å². The maximum atomic E-state index is 12.3. The number of para-hydroxylation sites is 2. The number of ether oxygens (including phenoxy) is 1. The summed E-state index contributed by atoms with van der Waals surface area (Å²) in [5.74, 6) is 0.474. The van der Waals surface area contributed by atoms with Crippen molar-refractivity contribution in [2.24, 2.45) is 0 Å². The zero-order valence-electron chi connectivity index (χ0n) is 13.3. The molecule has 116 valence electrons. The van der Waals surface area contributed by atoms with Gasteiger partial charge in [0, 0.05) is 13.5 Å². The van der Waals surface area contributed by atoms with Crippen LogP contribution in [-0.2, 0) is 14.3 Å². The summed E-state index contributed by atoms with van der Waals surface area (Å²) in [5, 5.41) is 0. The van der Waals surface area contributed by atoms with Crippen LogP contribution in [0.5, 0.6) is 0 Å². The van der Waals surface area contributed by atoms with E-state index in [0.717, 1.165) is 17.9 Å². The number of ketones is 1. The number of likely N-dealkylation sites (N-methyl/N-ethyl adjacent to an activating group) is 1. The first kappa shape index (κ1) is 14.6. The third-order valence-corrected chi connectivity index (χ3v) is 4.34.